The van der Waals surface area contributed by atoms with Gasteiger partial charge < -0.3 is 10.4 Å². The molecule has 0 heterocycles. The fourth-order valence-electron chi connectivity index (χ4n) is 2.82. The molecule has 1 amide bonds. The van der Waals surface area contributed by atoms with Gasteiger partial charge in [-0.05, 0) is 30.5 Å². The highest BCUT2D eigenvalue weighted by atomic mass is 19.1. The van der Waals surface area contributed by atoms with Crippen molar-refractivity contribution in [3.8, 4) is 0 Å². The second-order valence-electron chi connectivity index (χ2n) is 5.81. The molecule has 0 radical (unpaired) electrons. The van der Waals surface area contributed by atoms with E-state index in [1.165, 1.54) is 6.07 Å². The van der Waals surface area contributed by atoms with Gasteiger partial charge in [-0.2, -0.15) is 0 Å². The van der Waals surface area contributed by atoms with Crippen LogP contribution >= 0.6 is 0 Å². The second-order valence-corrected chi connectivity index (χ2v) is 5.81. The smallest absolute Gasteiger partial charge is 0.230 e. The molecule has 120 valence electrons. The van der Waals surface area contributed by atoms with E-state index in [-0.39, 0.29) is 12.5 Å². The molecule has 0 saturated heterocycles. The summed E-state index contributed by atoms with van der Waals surface area (Å²) >= 11 is 0. The standard InChI is InChI=1S/C18H17F2NO2/c19-13-7-4-8-14(20)16(13)15(22)11-21-17(23)18(9-10-18)12-5-2-1-3-6-12/h1-8,15,22H,9-11H2,(H,21,23). The predicted octanol–water partition coefficient (Wildman–Crippen LogP) is 2.85. The van der Waals surface area contributed by atoms with Crippen molar-refractivity contribution in [2.24, 2.45) is 0 Å². The lowest BCUT2D eigenvalue weighted by atomic mass is 9.95. The monoisotopic (exact) mass is 317 g/mol. The lowest BCUT2D eigenvalue weighted by molar-refractivity contribution is -0.124. The fraction of sp³-hybridized carbons (Fsp3) is 0.278. The van der Waals surface area contributed by atoms with Crippen LogP contribution in [0.2, 0.25) is 0 Å². The van der Waals surface area contributed by atoms with E-state index in [9.17, 15) is 18.7 Å². The number of nitrogens with one attached hydrogen (secondary N) is 1. The molecule has 23 heavy (non-hydrogen) atoms. The Labute approximate surface area is 133 Å². The summed E-state index contributed by atoms with van der Waals surface area (Å²) in [6.45, 7) is -0.231. The molecule has 2 aromatic carbocycles. The van der Waals surface area contributed by atoms with Crippen LogP contribution < -0.4 is 5.32 Å². The number of amides is 1. The maximum Gasteiger partial charge on any atom is 0.230 e. The highest BCUT2D eigenvalue weighted by molar-refractivity contribution is 5.91. The van der Waals surface area contributed by atoms with Crippen LogP contribution in [0.15, 0.2) is 48.5 Å². The van der Waals surface area contributed by atoms with Gasteiger partial charge in [0.2, 0.25) is 5.91 Å². The summed E-state index contributed by atoms with van der Waals surface area (Å²) < 4.78 is 27.2. The Balaban J connectivity index is 1.68. The molecule has 1 saturated carbocycles. The molecule has 3 rings (SSSR count). The first-order valence-electron chi connectivity index (χ1n) is 7.50. The maximum atomic E-state index is 13.6. The number of rotatable bonds is 5. The van der Waals surface area contributed by atoms with E-state index in [1.807, 2.05) is 30.3 Å². The first-order chi connectivity index (χ1) is 11.0. The van der Waals surface area contributed by atoms with Crippen LogP contribution in [0.1, 0.15) is 30.1 Å². The lowest BCUT2D eigenvalue weighted by Gasteiger charge is -2.18. The van der Waals surface area contributed by atoms with Crippen LogP contribution in [-0.4, -0.2) is 17.6 Å². The highest BCUT2D eigenvalue weighted by Crippen LogP contribution is 2.48. The van der Waals surface area contributed by atoms with Gasteiger partial charge >= 0.3 is 0 Å². The van der Waals surface area contributed by atoms with Crippen molar-refractivity contribution in [3.05, 3.63) is 71.3 Å². The third-order valence-corrected chi connectivity index (χ3v) is 4.30. The number of carbonyl (C=O) groups is 1. The van der Waals surface area contributed by atoms with Gasteiger partial charge in [0.15, 0.2) is 0 Å². The minimum Gasteiger partial charge on any atom is -0.386 e. The Bertz CT molecular complexity index is 694. The summed E-state index contributed by atoms with van der Waals surface area (Å²) in [6.07, 6.45) is 0.0340. The van der Waals surface area contributed by atoms with Gasteiger partial charge in [0.05, 0.1) is 11.0 Å². The highest BCUT2D eigenvalue weighted by Gasteiger charge is 2.51. The topological polar surface area (TPSA) is 49.3 Å². The summed E-state index contributed by atoms with van der Waals surface area (Å²) in [5.41, 5.74) is -0.0733. The molecule has 3 nitrogen and oxygen atoms in total. The van der Waals surface area contributed by atoms with E-state index >= 15 is 0 Å². The molecule has 0 aromatic heterocycles. The lowest BCUT2D eigenvalue weighted by Crippen LogP contribution is -2.37. The van der Waals surface area contributed by atoms with Gasteiger partial charge in [-0.15, -0.1) is 0 Å². The van der Waals surface area contributed by atoms with Crippen LogP contribution in [0.25, 0.3) is 0 Å². The summed E-state index contributed by atoms with van der Waals surface area (Å²) in [4.78, 5) is 12.4. The number of halogens is 2. The van der Waals surface area contributed by atoms with Gasteiger partial charge in [-0.1, -0.05) is 36.4 Å². The molecular weight excluding hydrogens is 300 g/mol. The van der Waals surface area contributed by atoms with Gasteiger partial charge in [0.1, 0.15) is 17.7 Å². The van der Waals surface area contributed by atoms with E-state index in [0.29, 0.717) is 0 Å². The van der Waals surface area contributed by atoms with E-state index in [1.54, 1.807) is 0 Å². The maximum absolute atomic E-state index is 13.6. The molecule has 0 spiro atoms. The molecule has 5 heteroatoms. The van der Waals surface area contributed by atoms with Crippen molar-refractivity contribution in [2.45, 2.75) is 24.4 Å². The van der Waals surface area contributed by atoms with Crippen molar-refractivity contribution in [3.63, 3.8) is 0 Å². The minimum absolute atomic E-state index is 0.223. The normalized spacial score (nSPS) is 16.7. The average molecular weight is 317 g/mol. The molecule has 1 unspecified atom stereocenters. The first-order valence-corrected chi connectivity index (χ1v) is 7.50. The number of hydrogen-bond donors (Lipinski definition) is 2. The van der Waals surface area contributed by atoms with Crippen molar-refractivity contribution < 1.29 is 18.7 Å². The number of aliphatic hydroxyl groups excluding tert-OH is 1. The molecule has 1 aliphatic rings. The zero-order valence-electron chi connectivity index (χ0n) is 12.4. The number of benzene rings is 2. The summed E-state index contributed by atoms with van der Waals surface area (Å²) in [7, 11) is 0. The number of carbonyl (C=O) groups excluding carboxylic acids is 1. The molecule has 1 aliphatic carbocycles. The molecular formula is C18H17F2NO2. The molecule has 1 fully saturated rings. The molecule has 0 aliphatic heterocycles. The van der Waals surface area contributed by atoms with Crippen LogP contribution in [0.4, 0.5) is 8.78 Å². The van der Waals surface area contributed by atoms with Gasteiger partial charge in [-0.25, -0.2) is 8.78 Å². The minimum atomic E-state index is -1.42. The van der Waals surface area contributed by atoms with Gasteiger partial charge in [0.25, 0.3) is 0 Å². The van der Waals surface area contributed by atoms with Crippen molar-refractivity contribution in [2.75, 3.05) is 6.54 Å². The van der Waals surface area contributed by atoms with Gasteiger partial charge in [0, 0.05) is 6.54 Å². The van der Waals surface area contributed by atoms with Crippen molar-refractivity contribution in [1.82, 2.24) is 5.32 Å². The van der Waals surface area contributed by atoms with Crippen molar-refractivity contribution in [1.29, 1.82) is 0 Å². The SMILES string of the molecule is O=C(NCC(O)c1c(F)cccc1F)C1(c2ccccc2)CC1. The third-order valence-electron chi connectivity index (χ3n) is 4.30. The summed E-state index contributed by atoms with van der Waals surface area (Å²) in [5, 5.41) is 12.6. The second kappa shape index (κ2) is 6.08. The van der Waals surface area contributed by atoms with Crippen LogP contribution in [0, 0.1) is 11.6 Å². The number of aliphatic hydroxyl groups is 1. The largest absolute Gasteiger partial charge is 0.386 e. The zero-order valence-corrected chi connectivity index (χ0v) is 12.4. The Morgan fingerprint density at radius 3 is 2.26 bits per heavy atom. The Morgan fingerprint density at radius 2 is 1.70 bits per heavy atom. The summed E-state index contributed by atoms with van der Waals surface area (Å²) in [6, 6.07) is 12.8. The van der Waals surface area contributed by atoms with Crippen molar-refractivity contribution >= 4 is 5.91 Å². The Kier molecular flexibility index (Phi) is 4.13. The quantitative estimate of drug-likeness (QED) is 0.891. The van der Waals surface area contributed by atoms with E-state index in [2.05, 4.69) is 5.32 Å². The third kappa shape index (κ3) is 2.97. The average Bonchev–Trinajstić information content (AvgIpc) is 3.35. The van der Waals surface area contributed by atoms with E-state index in [0.717, 1.165) is 30.5 Å². The fourth-order valence-corrected chi connectivity index (χ4v) is 2.82. The molecule has 2 N–H and O–H groups in total. The van der Waals surface area contributed by atoms with Gasteiger partial charge in [-0.3, -0.25) is 4.79 Å². The van der Waals surface area contributed by atoms with Crippen LogP contribution in [0.5, 0.6) is 0 Å². The Morgan fingerprint density at radius 1 is 1.09 bits per heavy atom. The predicted molar refractivity (Wildman–Crippen MR) is 81.7 cm³/mol. The van der Waals surface area contributed by atoms with Crippen LogP contribution in [-0.2, 0) is 10.2 Å². The summed E-state index contributed by atoms with van der Waals surface area (Å²) in [5.74, 6) is -1.87. The van der Waals surface area contributed by atoms with E-state index in [4.69, 9.17) is 0 Å². The molecule has 2 aromatic rings. The zero-order chi connectivity index (χ0) is 16.4. The molecule has 0 bridgehead atoms. The first kappa shape index (κ1) is 15.6. The van der Waals surface area contributed by atoms with Crippen LogP contribution in [0.3, 0.4) is 0 Å². The number of hydrogen-bond acceptors (Lipinski definition) is 2. The van der Waals surface area contributed by atoms with E-state index < -0.39 is 28.7 Å². The molecule has 1 atom stereocenters. The Hall–Kier alpha value is -2.27.